The highest BCUT2D eigenvalue weighted by Gasteiger charge is 2.41. The molecule has 20 heavy (non-hydrogen) atoms. The van der Waals surface area contributed by atoms with Crippen molar-refractivity contribution in [3.63, 3.8) is 0 Å². The smallest absolute Gasteiger partial charge is 0.361 e. The third-order valence-corrected chi connectivity index (χ3v) is 3.56. The predicted molar refractivity (Wildman–Crippen MR) is 66.6 cm³/mol. The Bertz CT molecular complexity index is 562. The summed E-state index contributed by atoms with van der Waals surface area (Å²) in [7, 11) is 0. The van der Waals surface area contributed by atoms with Crippen molar-refractivity contribution in [3.8, 4) is 0 Å². The Morgan fingerprint density at radius 3 is 2.35 bits per heavy atom. The van der Waals surface area contributed by atoms with Gasteiger partial charge >= 0.3 is 5.97 Å². The third-order valence-electron chi connectivity index (χ3n) is 3.56. The van der Waals surface area contributed by atoms with Crippen molar-refractivity contribution in [2.24, 2.45) is 5.92 Å². The first kappa shape index (κ1) is 12.8. The maximum atomic E-state index is 12.0. The molecule has 6 nitrogen and oxygen atoms in total. The second kappa shape index (κ2) is 4.72. The van der Waals surface area contributed by atoms with Gasteiger partial charge in [-0.2, -0.15) is 0 Å². The lowest BCUT2D eigenvalue weighted by molar-refractivity contribution is -0.180. The van der Waals surface area contributed by atoms with Crippen molar-refractivity contribution >= 4 is 17.8 Å². The number of ether oxygens (including phenoxy) is 1. The zero-order valence-corrected chi connectivity index (χ0v) is 10.9. The van der Waals surface area contributed by atoms with Crippen LogP contribution in [0.15, 0.2) is 24.3 Å². The summed E-state index contributed by atoms with van der Waals surface area (Å²) in [6.45, 7) is 2.34. The summed E-state index contributed by atoms with van der Waals surface area (Å²) >= 11 is 0. The normalized spacial score (nSPS) is 24.9. The molecule has 0 aromatic heterocycles. The van der Waals surface area contributed by atoms with Gasteiger partial charge in [-0.25, -0.2) is 4.79 Å². The quantitative estimate of drug-likeness (QED) is 0.757. The molecule has 1 aromatic carbocycles. The number of fused-ring (bicyclic) bond motifs is 1. The molecule has 0 aliphatic carbocycles. The van der Waals surface area contributed by atoms with E-state index < -0.39 is 23.9 Å². The fraction of sp³-hybridized carbons (Fsp3) is 0.357. The molecule has 2 aliphatic heterocycles. The second-order valence-corrected chi connectivity index (χ2v) is 4.92. The van der Waals surface area contributed by atoms with Crippen molar-refractivity contribution in [2.45, 2.75) is 19.4 Å². The average molecular weight is 275 g/mol. The number of carbonyl (C=O) groups is 3. The first-order chi connectivity index (χ1) is 9.59. The Balaban J connectivity index is 1.78. The molecule has 3 rings (SSSR count). The van der Waals surface area contributed by atoms with Crippen LogP contribution in [0.3, 0.4) is 0 Å². The van der Waals surface area contributed by atoms with Gasteiger partial charge in [-0.3, -0.25) is 9.59 Å². The number of carbonyl (C=O) groups excluding carboxylic acids is 3. The third kappa shape index (κ3) is 1.89. The van der Waals surface area contributed by atoms with Gasteiger partial charge in [0.15, 0.2) is 6.10 Å². The van der Waals surface area contributed by atoms with Gasteiger partial charge in [-0.15, -0.1) is 0 Å². The Morgan fingerprint density at radius 2 is 1.85 bits per heavy atom. The van der Waals surface area contributed by atoms with E-state index in [1.807, 2.05) is 6.92 Å². The molecule has 0 unspecified atom stereocenters. The fourth-order valence-corrected chi connectivity index (χ4v) is 2.39. The van der Waals surface area contributed by atoms with Crippen molar-refractivity contribution in [2.75, 3.05) is 6.61 Å². The van der Waals surface area contributed by atoms with Crippen LogP contribution in [0, 0.1) is 5.92 Å². The van der Waals surface area contributed by atoms with Gasteiger partial charge in [0.25, 0.3) is 11.8 Å². The van der Waals surface area contributed by atoms with Crippen LogP contribution in [0.5, 0.6) is 0 Å². The lowest BCUT2D eigenvalue weighted by Crippen LogP contribution is -2.38. The topological polar surface area (TPSA) is 72.9 Å². The summed E-state index contributed by atoms with van der Waals surface area (Å²) in [6, 6.07) is 6.35. The van der Waals surface area contributed by atoms with Crippen LogP contribution in [-0.4, -0.2) is 35.6 Å². The zero-order valence-electron chi connectivity index (χ0n) is 10.9. The molecule has 0 spiro atoms. The molecule has 0 bridgehead atoms. The van der Waals surface area contributed by atoms with Crippen LogP contribution in [0.1, 0.15) is 34.1 Å². The van der Waals surface area contributed by atoms with Crippen molar-refractivity contribution in [3.05, 3.63) is 35.4 Å². The molecule has 1 fully saturated rings. The number of hydroxylamine groups is 2. The molecule has 0 N–H and O–H groups in total. The van der Waals surface area contributed by atoms with E-state index in [2.05, 4.69) is 0 Å². The monoisotopic (exact) mass is 275 g/mol. The van der Waals surface area contributed by atoms with Crippen molar-refractivity contribution in [1.82, 2.24) is 5.06 Å². The Kier molecular flexibility index (Phi) is 3.02. The molecule has 2 aliphatic rings. The summed E-state index contributed by atoms with van der Waals surface area (Å²) in [6.07, 6.45) is 0.0290. The van der Waals surface area contributed by atoms with Gasteiger partial charge in [0.2, 0.25) is 0 Å². The number of amides is 2. The minimum absolute atomic E-state index is 0.0117. The van der Waals surface area contributed by atoms with E-state index in [4.69, 9.17) is 9.57 Å². The van der Waals surface area contributed by atoms with E-state index >= 15 is 0 Å². The van der Waals surface area contributed by atoms with Crippen LogP contribution in [-0.2, 0) is 14.4 Å². The molecule has 0 saturated carbocycles. The van der Waals surface area contributed by atoms with E-state index in [0.29, 0.717) is 11.7 Å². The van der Waals surface area contributed by atoms with E-state index in [9.17, 15) is 14.4 Å². The molecule has 1 saturated heterocycles. The summed E-state index contributed by atoms with van der Waals surface area (Å²) in [5.41, 5.74) is 0.483. The fourth-order valence-electron chi connectivity index (χ4n) is 2.39. The van der Waals surface area contributed by atoms with Crippen LogP contribution in [0.2, 0.25) is 0 Å². The van der Waals surface area contributed by atoms with E-state index in [-0.39, 0.29) is 17.0 Å². The van der Waals surface area contributed by atoms with Gasteiger partial charge in [-0.1, -0.05) is 24.1 Å². The zero-order chi connectivity index (χ0) is 14.3. The van der Waals surface area contributed by atoms with Crippen molar-refractivity contribution in [1.29, 1.82) is 0 Å². The largest absolute Gasteiger partial charge is 0.366 e. The maximum Gasteiger partial charge on any atom is 0.361 e. The molecule has 2 atom stereocenters. The van der Waals surface area contributed by atoms with Crippen LogP contribution in [0.4, 0.5) is 0 Å². The second-order valence-electron chi connectivity index (χ2n) is 4.92. The molecule has 1 aromatic rings. The molecular weight excluding hydrogens is 262 g/mol. The van der Waals surface area contributed by atoms with Crippen molar-refractivity contribution < 1.29 is 24.0 Å². The number of benzene rings is 1. The minimum Gasteiger partial charge on any atom is -0.366 e. The summed E-state index contributed by atoms with van der Waals surface area (Å²) in [4.78, 5) is 41.0. The SMILES string of the molecule is C[C@H]1CCO[C@H]1C(=O)ON1C(=O)c2ccccc2C1=O. The minimum atomic E-state index is -0.723. The summed E-state index contributed by atoms with van der Waals surface area (Å²) in [5, 5.41) is 0.515. The highest BCUT2D eigenvalue weighted by atomic mass is 16.7. The van der Waals surface area contributed by atoms with Gasteiger partial charge < -0.3 is 9.57 Å². The molecule has 0 radical (unpaired) electrons. The summed E-state index contributed by atoms with van der Waals surface area (Å²) < 4.78 is 5.26. The molecular formula is C14H13NO5. The molecule has 2 amide bonds. The van der Waals surface area contributed by atoms with Gasteiger partial charge in [-0.05, 0) is 24.5 Å². The summed E-state index contributed by atoms with van der Waals surface area (Å²) in [5.74, 6) is -1.93. The van der Waals surface area contributed by atoms with E-state index in [0.717, 1.165) is 6.42 Å². The molecule has 2 heterocycles. The van der Waals surface area contributed by atoms with Gasteiger partial charge in [0, 0.05) is 6.61 Å². The van der Waals surface area contributed by atoms with E-state index in [1.165, 1.54) is 12.1 Å². The standard InChI is InChI=1S/C14H13NO5/c1-8-6-7-19-11(8)14(18)20-15-12(16)9-4-2-3-5-10(9)13(15)17/h2-5,8,11H,6-7H2,1H3/t8-,11+/m0/s1. The first-order valence-electron chi connectivity index (χ1n) is 6.41. The average Bonchev–Trinajstić information content (AvgIpc) is 2.97. The van der Waals surface area contributed by atoms with E-state index in [1.54, 1.807) is 12.1 Å². The lowest BCUT2D eigenvalue weighted by Gasteiger charge is -2.17. The van der Waals surface area contributed by atoms with Gasteiger partial charge in [0.1, 0.15) is 0 Å². The first-order valence-corrected chi connectivity index (χ1v) is 6.41. The number of hydrogen-bond acceptors (Lipinski definition) is 5. The number of imide groups is 1. The number of rotatable bonds is 2. The Labute approximate surface area is 115 Å². The molecule has 104 valence electrons. The maximum absolute atomic E-state index is 12.0. The highest BCUT2D eigenvalue weighted by molar-refractivity contribution is 6.20. The molecule has 6 heteroatoms. The number of nitrogens with zero attached hydrogens (tertiary/aromatic N) is 1. The van der Waals surface area contributed by atoms with Crippen LogP contribution < -0.4 is 0 Å². The number of hydrogen-bond donors (Lipinski definition) is 0. The highest BCUT2D eigenvalue weighted by Crippen LogP contribution is 2.25. The van der Waals surface area contributed by atoms with Gasteiger partial charge in [0.05, 0.1) is 11.1 Å². The van der Waals surface area contributed by atoms with Crippen LogP contribution >= 0.6 is 0 Å². The van der Waals surface area contributed by atoms with Crippen LogP contribution in [0.25, 0.3) is 0 Å². The predicted octanol–water partition coefficient (Wildman–Crippen LogP) is 1.17. The Morgan fingerprint density at radius 1 is 1.25 bits per heavy atom. The lowest BCUT2D eigenvalue weighted by atomic mass is 10.1. The Hall–Kier alpha value is -2.21.